The van der Waals surface area contributed by atoms with E-state index in [1.54, 1.807) is 30.3 Å². The highest BCUT2D eigenvalue weighted by Crippen LogP contribution is 2.20. The molecule has 0 spiro atoms. The summed E-state index contributed by atoms with van der Waals surface area (Å²) in [6.07, 6.45) is 0.839. The second-order valence-corrected chi connectivity index (χ2v) is 7.89. The Hall–Kier alpha value is -1.60. The van der Waals surface area contributed by atoms with Crippen molar-refractivity contribution in [1.82, 2.24) is 10.0 Å². The summed E-state index contributed by atoms with van der Waals surface area (Å²) in [7, 11) is -3.61. The van der Waals surface area contributed by atoms with Crippen molar-refractivity contribution in [3.8, 4) is 0 Å². The van der Waals surface area contributed by atoms with Gasteiger partial charge in [-0.1, -0.05) is 42.3 Å². The maximum Gasteiger partial charge on any atom is 0.252 e. The van der Waals surface area contributed by atoms with Crippen LogP contribution >= 0.6 is 23.2 Å². The van der Waals surface area contributed by atoms with E-state index in [2.05, 4.69) is 10.0 Å². The first-order valence-corrected chi connectivity index (χ1v) is 9.89. The fraction of sp³-hybridized carbons (Fsp3) is 0.235. The molecule has 8 heteroatoms. The van der Waals surface area contributed by atoms with E-state index in [0.717, 1.165) is 12.0 Å². The van der Waals surface area contributed by atoms with Gasteiger partial charge in [0.25, 0.3) is 5.91 Å². The first-order chi connectivity index (χ1) is 11.8. The van der Waals surface area contributed by atoms with Crippen molar-refractivity contribution in [2.24, 2.45) is 0 Å². The minimum absolute atomic E-state index is 0.0573. The largest absolute Gasteiger partial charge is 0.351 e. The van der Waals surface area contributed by atoms with E-state index < -0.39 is 15.9 Å². The molecule has 25 heavy (non-hydrogen) atoms. The SMILES string of the molecule is CCc1ccc(S(=O)(=O)NCCNC(=O)c2cc(Cl)ccc2Cl)cc1. The van der Waals surface area contributed by atoms with Gasteiger partial charge in [0.2, 0.25) is 10.0 Å². The molecule has 0 aliphatic carbocycles. The van der Waals surface area contributed by atoms with Crippen LogP contribution in [0.1, 0.15) is 22.8 Å². The molecule has 2 rings (SSSR count). The van der Waals surface area contributed by atoms with E-state index in [1.165, 1.54) is 12.1 Å². The van der Waals surface area contributed by atoms with E-state index in [1.807, 2.05) is 6.92 Å². The molecule has 0 aliphatic heterocycles. The van der Waals surface area contributed by atoms with E-state index in [4.69, 9.17) is 23.2 Å². The van der Waals surface area contributed by atoms with E-state index in [-0.39, 0.29) is 28.6 Å². The number of sulfonamides is 1. The minimum Gasteiger partial charge on any atom is -0.351 e. The van der Waals surface area contributed by atoms with Gasteiger partial charge in [-0.25, -0.2) is 13.1 Å². The fourth-order valence-electron chi connectivity index (χ4n) is 2.12. The lowest BCUT2D eigenvalue weighted by Gasteiger charge is -2.09. The lowest BCUT2D eigenvalue weighted by atomic mass is 10.2. The number of hydrogen-bond donors (Lipinski definition) is 2. The van der Waals surface area contributed by atoms with Crippen LogP contribution in [-0.2, 0) is 16.4 Å². The molecule has 0 heterocycles. The predicted octanol–water partition coefficient (Wildman–Crippen LogP) is 3.26. The molecule has 1 amide bonds. The van der Waals surface area contributed by atoms with Crippen LogP contribution in [0.3, 0.4) is 0 Å². The first-order valence-electron chi connectivity index (χ1n) is 7.65. The summed E-state index contributed by atoms with van der Waals surface area (Å²) in [4.78, 5) is 12.2. The van der Waals surface area contributed by atoms with Gasteiger partial charge in [-0.3, -0.25) is 4.79 Å². The molecule has 5 nitrogen and oxygen atoms in total. The van der Waals surface area contributed by atoms with Gasteiger partial charge in [0.05, 0.1) is 15.5 Å². The Bertz CT molecular complexity index is 853. The van der Waals surface area contributed by atoms with Crippen LogP contribution in [-0.4, -0.2) is 27.4 Å². The molecule has 0 saturated carbocycles. The summed E-state index contributed by atoms with van der Waals surface area (Å²) in [5, 5.41) is 3.27. The zero-order valence-corrected chi connectivity index (χ0v) is 15.9. The van der Waals surface area contributed by atoms with Gasteiger partial charge >= 0.3 is 0 Å². The van der Waals surface area contributed by atoms with Gasteiger partial charge in [0.1, 0.15) is 0 Å². The average molecular weight is 401 g/mol. The smallest absolute Gasteiger partial charge is 0.252 e. The average Bonchev–Trinajstić information content (AvgIpc) is 2.60. The summed E-state index contributed by atoms with van der Waals surface area (Å²) in [6, 6.07) is 11.2. The van der Waals surface area contributed by atoms with Crippen molar-refractivity contribution in [3.05, 3.63) is 63.6 Å². The predicted molar refractivity (Wildman–Crippen MR) is 99.8 cm³/mol. The Morgan fingerprint density at radius 3 is 2.36 bits per heavy atom. The van der Waals surface area contributed by atoms with Gasteiger partial charge in [-0.05, 0) is 42.3 Å². The molecular weight excluding hydrogens is 383 g/mol. The van der Waals surface area contributed by atoms with Crippen LogP contribution in [0.5, 0.6) is 0 Å². The summed E-state index contributed by atoms with van der Waals surface area (Å²) in [5.74, 6) is -0.418. The Labute approximate surface area is 157 Å². The lowest BCUT2D eigenvalue weighted by Crippen LogP contribution is -2.34. The number of aryl methyl sites for hydroxylation is 1. The highest BCUT2D eigenvalue weighted by atomic mass is 35.5. The summed E-state index contributed by atoms with van der Waals surface area (Å²) in [5.41, 5.74) is 1.30. The highest BCUT2D eigenvalue weighted by molar-refractivity contribution is 7.89. The number of benzene rings is 2. The van der Waals surface area contributed by atoms with E-state index in [0.29, 0.717) is 5.02 Å². The van der Waals surface area contributed by atoms with Crippen LogP contribution in [0, 0.1) is 0 Å². The number of carbonyl (C=O) groups is 1. The Morgan fingerprint density at radius 1 is 1.04 bits per heavy atom. The molecule has 2 N–H and O–H groups in total. The first kappa shape index (κ1) is 19.7. The summed E-state index contributed by atoms with van der Waals surface area (Å²) < 4.78 is 26.8. The summed E-state index contributed by atoms with van der Waals surface area (Å²) >= 11 is 11.8. The van der Waals surface area contributed by atoms with Crippen molar-refractivity contribution < 1.29 is 13.2 Å². The zero-order valence-electron chi connectivity index (χ0n) is 13.6. The molecule has 0 fully saturated rings. The van der Waals surface area contributed by atoms with Crippen molar-refractivity contribution in [2.45, 2.75) is 18.2 Å². The minimum atomic E-state index is -3.61. The van der Waals surface area contributed by atoms with Crippen molar-refractivity contribution in [2.75, 3.05) is 13.1 Å². The Kier molecular flexibility index (Phi) is 6.84. The molecule has 0 atom stereocenters. The molecule has 2 aromatic rings. The van der Waals surface area contributed by atoms with Crippen LogP contribution in [0.4, 0.5) is 0 Å². The Balaban J connectivity index is 1.89. The third-order valence-electron chi connectivity index (χ3n) is 3.52. The second-order valence-electron chi connectivity index (χ2n) is 5.28. The number of nitrogens with one attached hydrogen (secondary N) is 2. The van der Waals surface area contributed by atoms with Crippen molar-refractivity contribution >= 4 is 39.1 Å². The van der Waals surface area contributed by atoms with Crippen molar-refractivity contribution in [1.29, 1.82) is 0 Å². The lowest BCUT2D eigenvalue weighted by molar-refractivity contribution is 0.0954. The highest BCUT2D eigenvalue weighted by Gasteiger charge is 2.14. The molecule has 0 unspecified atom stereocenters. The van der Waals surface area contributed by atoms with Gasteiger partial charge in [-0.15, -0.1) is 0 Å². The number of amides is 1. The number of carbonyl (C=O) groups excluding carboxylic acids is 1. The molecule has 0 aliphatic rings. The van der Waals surface area contributed by atoms with E-state index in [9.17, 15) is 13.2 Å². The summed E-state index contributed by atoms with van der Waals surface area (Å²) in [6.45, 7) is 2.17. The third kappa shape index (κ3) is 5.44. The molecule has 0 bridgehead atoms. The van der Waals surface area contributed by atoms with Crippen LogP contribution in [0.2, 0.25) is 10.0 Å². The maximum absolute atomic E-state index is 12.2. The van der Waals surface area contributed by atoms with Gasteiger partial charge < -0.3 is 5.32 Å². The standard InChI is InChI=1S/C17H18Cl2N2O3S/c1-2-12-3-6-14(7-4-12)25(23,24)21-10-9-20-17(22)15-11-13(18)5-8-16(15)19/h3-8,11,21H,2,9-10H2,1H3,(H,20,22). The fourth-order valence-corrected chi connectivity index (χ4v) is 3.52. The van der Waals surface area contributed by atoms with Gasteiger partial charge in [-0.2, -0.15) is 0 Å². The van der Waals surface area contributed by atoms with Crippen LogP contribution in [0.25, 0.3) is 0 Å². The normalized spacial score (nSPS) is 11.3. The molecule has 0 radical (unpaired) electrons. The number of hydrogen-bond acceptors (Lipinski definition) is 3. The van der Waals surface area contributed by atoms with Gasteiger partial charge in [0, 0.05) is 18.1 Å². The van der Waals surface area contributed by atoms with Gasteiger partial charge in [0.15, 0.2) is 0 Å². The molecule has 0 aromatic heterocycles. The molecule has 134 valence electrons. The molecule has 2 aromatic carbocycles. The number of halogens is 2. The zero-order chi connectivity index (χ0) is 18.4. The number of rotatable bonds is 7. The Morgan fingerprint density at radius 2 is 1.72 bits per heavy atom. The third-order valence-corrected chi connectivity index (χ3v) is 5.56. The maximum atomic E-state index is 12.2. The quantitative estimate of drug-likeness (QED) is 0.700. The van der Waals surface area contributed by atoms with Crippen molar-refractivity contribution in [3.63, 3.8) is 0 Å². The van der Waals surface area contributed by atoms with Crippen LogP contribution in [0.15, 0.2) is 47.4 Å². The van der Waals surface area contributed by atoms with E-state index >= 15 is 0 Å². The van der Waals surface area contributed by atoms with Crippen LogP contribution < -0.4 is 10.0 Å². The monoisotopic (exact) mass is 400 g/mol. The molecular formula is C17H18Cl2N2O3S. The topological polar surface area (TPSA) is 75.3 Å². The second kappa shape index (κ2) is 8.67. The molecule has 0 saturated heterocycles.